The molecule has 0 aliphatic heterocycles. The summed E-state index contributed by atoms with van der Waals surface area (Å²) in [6, 6.07) is 2.02. The number of nitrogens with zero attached hydrogens (tertiary/aromatic N) is 2. The van der Waals surface area contributed by atoms with Gasteiger partial charge in [-0.25, -0.2) is 0 Å². The van der Waals surface area contributed by atoms with Gasteiger partial charge in [-0.1, -0.05) is 0 Å². The third-order valence-corrected chi connectivity index (χ3v) is 1.71. The van der Waals surface area contributed by atoms with E-state index < -0.39 is 0 Å². The molecule has 5 heteroatoms. The van der Waals surface area contributed by atoms with E-state index >= 15 is 0 Å². The summed E-state index contributed by atoms with van der Waals surface area (Å²) in [5.74, 6) is 0.824. The zero-order chi connectivity index (χ0) is 10.4. The molecule has 1 rings (SSSR count). The van der Waals surface area contributed by atoms with E-state index in [4.69, 9.17) is 21.1 Å². The molecule has 0 spiro atoms. The third-order valence-electron chi connectivity index (χ3n) is 1.44. The normalized spacial score (nSPS) is 9.93. The van der Waals surface area contributed by atoms with Gasteiger partial charge in [0.1, 0.15) is 0 Å². The Bertz CT molecular complexity index is 270. The summed E-state index contributed by atoms with van der Waals surface area (Å²) in [7, 11) is 0. The van der Waals surface area contributed by atoms with Crippen molar-refractivity contribution in [2.75, 3.05) is 13.2 Å². The maximum absolute atomic E-state index is 5.67. The van der Waals surface area contributed by atoms with Crippen LogP contribution in [-0.4, -0.2) is 23.2 Å². The van der Waals surface area contributed by atoms with Crippen molar-refractivity contribution in [2.45, 2.75) is 19.7 Å². The molecule has 0 atom stereocenters. The molecule has 0 amide bonds. The summed E-state index contributed by atoms with van der Waals surface area (Å²) in [6.45, 7) is 4.85. The van der Waals surface area contributed by atoms with E-state index in [9.17, 15) is 0 Å². The minimum absolute atomic E-state index is 0.314. The molecule has 0 fully saturated rings. The van der Waals surface area contributed by atoms with Crippen LogP contribution in [0, 0.1) is 0 Å². The van der Waals surface area contributed by atoms with Gasteiger partial charge in [-0.2, -0.15) is 9.97 Å². The quantitative estimate of drug-likeness (QED) is 0.707. The highest BCUT2D eigenvalue weighted by molar-refractivity contribution is 6.16. The molecular formula is C9H13ClN2O2. The lowest BCUT2D eigenvalue weighted by Gasteiger charge is -2.06. The number of rotatable bonds is 5. The highest BCUT2D eigenvalue weighted by atomic mass is 35.5. The first kappa shape index (κ1) is 11.0. The van der Waals surface area contributed by atoms with Crippen LogP contribution in [0.5, 0.6) is 11.9 Å². The van der Waals surface area contributed by atoms with Crippen LogP contribution >= 0.6 is 11.6 Å². The second kappa shape index (κ2) is 5.65. The average molecular weight is 217 g/mol. The lowest BCUT2D eigenvalue weighted by molar-refractivity contribution is 0.288. The van der Waals surface area contributed by atoms with E-state index in [1.807, 2.05) is 13.8 Å². The van der Waals surface area contributed by atoms with Crippen molar-refractivity contribution in [3.05, 3.63) is 11.8 Å². The van der Waals surface area contributed by atoms with E-state index in [-0.39, 0.29) is 0 Å². The topological polar surface area (TPSA) is 44.2 Å². The highest BCUT2D eigenvalue weighted by Gasteiger charge is 2.04. The lowest BCUT2D eigenvalue weighted by Crippen LogP contribution is -2.03. The molecule has 0 saturated carbocycles. The van der Waals surface area contributed by atoms with Crippen molar-refractivity contribution in [1.82, 2.24) is 9.97 Å². The SMILES string of the molecule is CCOc1cc(CCl)nc(OCC)n1. The van der Waals surface area contributed by atoms with Crippen LogP contribution in [0.15, 0.2) is 6.07 Å². The van der Waals surface area contributed by atoms with Crippen LogP contribution in [-0.2, 0) is 5.88 Å². The van der Waals surface area contributed by atoms with Crippen molar-refractivity contribution in [2.24, 2.45) is 0 Å². The van der Waals surface area contributed by atoms with Crippen LogP contribution in [0.2, 0.25) is 0 Å². The Kier molecular flexibility index (Phi) is 4.46. The number of hydrogen-bond donors (Lipinski definition) is 0. The Labute approximate surface area is 88.2 Å². The molecule has 0 aliphatic carbocycles. The van der Waals surface area contributed by atoms with E-state index in [2.05, 4.69) is 9.97 Å². The third kappa shape index (κ3) is 3.03. The molecule has 0 radical (unpaired) electrons. The highest BCUT2D eigenvalue weighted by Crippen LogP contribution is 2.15. The van der Waals surface area contributed by atoms with Gasteiger partial charge in [0.2, 0.25) is 5.88 Å². The summed E-state index contributed by atoms with van der Waals surface area (Å²) in [5, 5.41) is 0. The molecule has 78 valence electrons. The molecule has 1 aromatic heterocycles. The van der Waals surface area contributed by atoms with Crippen molar-refractivity contribution < 1.29 is 9.47 Å². The Morgan fingerprint density at radius 2 is 1.93 bits per heavy atom. The fourth-order valence-corrected chi connectivity index (χ4v) is 1.07. The minimum Gasteiger partial charge on any atom is -0.478 e. The van der Waals surface area contributed by atoms with Crippen LogP contribution < -0.4 is 9.47 Å². The van der Waals surface area contributed by atoms with Gasteiger partial charge in [-0.05, 0) is 13.8 Å². The summed E-state index contributed by atoms with van der Waals surface area (Å²) < 4.78 is 10.4. The van der Waals surface area contributed by atoms with E-state index in [0.717, 1.165) is 0 Å². The second-order valence-electron chi connectivity index (χ2n) is 2.48. The number of hydrogen-bond acceptors (Lipinski definition) is 4. The molecule has 0 N–H and O–H groups in total. The minimum atomic E-state index is 0.314. The van der Waals surface area contributed by atoms with Gasteiger partial charge in [0.05, 0.1) is 24.8 Å². The molecule has 4 nitrogen and oxygen atoms in total. The van der Waals surface area contributed by atoms with E-state index in [0.29, 0.717) is 36.7 Å². The number of aromatic nitrogens is 2. The second-order valence-corrected chi connectivity index (χ2v) is 2.75. The van der Waals surface area contributed by atoms with Crippen molar-refractivity contribution in [3.8, 4) is 11.9 Å². The maximum atomic E-state index is 5.67. The van der Waals surface area contributed by atoms with Crippen molar-refractivity contribution >= 4 is 11.6 Å². The summed E-state index contributed by atoms with van der Waals surface area (Å²) >= 11 is 5.67. The zero-order valence-corrected chi connectivity index (χ0v) is 9.04. The molecule has 0 bridgehead atoms. The maximum Gasteiger partial charge on any atom is 0.319 e. The predicted octanol–water partition coefficient (Wildman–Crippen LogP) is 2.01. The Morgan fingerprint density at radius 3 is 2.50 bits per heavy atom. The van der Waals surface area contributed by atoms with Gasteiger partial charge in [-0.15, -0.1) is 11.6 Å². The van der Waals surface area contributed by atoms with Gasteiger partial charge in [0, 0.05) is 6.07 Å². The fourth-order valence-electron chi connectivity index (χ4n) is 0.933. The first-order chi connectivity index (χ1) is 6.80. The molecule has 1 aromatic rings. The molecular weight excluding hydrogens is 204 g/mol. The number of halogens is 1. The fraction of sp³-hybridized carbons (Fsp3) is 0.556. The van der Waals surface area contributed by atoms with Crippen molar-refractivity contribution in [3.63, 3.8) is 0 Å². The number of ether oxygens (including phenoxy) is 2. The van der Waals surface area contributed by atoms with Gasteiger partial charge in [-0.3, -0.25) is 0 Å². The Hall–Kier alpha value is -1.03. The van der Waals surface area contributed by atoms with Crippen LogP contribution in [0.1, 0.15) is 19.5 Å². The van der Waals surface area contributed by atoms with E-state index in [1.54, 1.807) is 6.07 Å². The molecule has 14 heavy (non-hydrogen) atoms. The number of alkyl halides is 1. The molecule has 0 unspecified atom stereocenters. The zero-order valence-electron chi connectivity index (χ0n) is 8.29. The molecule has 0 aromatic carbocycles. The standard InChI is InChI=1S/C9H13ClN2O2/c1-3-13-8-5-7(6-10)11-9(12-8)14-4-2/h5H,3-4,6H2,1-2H3. The molecule has 0 saturated heterocycles. The first-order valence-electron chi connectivity index (χ1n) is 4.49. The van der Waals surface area contributed by atoms with Crippen molar-refractivity contribution in [1.29, 1.82) is 0 Å². The van der Waals surface area contributed by atoms with Crippen LogP contribution in [0.4, 0.5) is 0 Å². The van der Waals surface area contributed by atoms with Gasteiger partial charge < -0.3 is 9.47 Å². The Morgan fingerprint density at radius 1 is 1.21 bits per heavy atom. The van der Waals surface area contributed by atoms with Gasteiger partial charge in [0.25, 0.3) is 0 Å². The lowest BCUT2D eigenvalue weighted by atomic mass is 10.4. The molecule has 1 heterocycles. The predicted molar refractivity (Wildman–Crippen MR) is 53.9 cm³/mol. The summed E-state index contributed by atoms with van der Waals surface area (Å²) in [5.41, 5.74) is 0.702. The Balaban J connectivity index is 2.88. The summed E-state index contributed by atoms with van der Waals surface area (Å²) in [4.78, 5) is 8.13. The van der Waals surface area contributed by atoms with E-state index in [1.165, 1.54) is 0 Å². The largest absolute Gasteiger partial charge is 0.478 e. The van der Waals surface area contributed by atoms with Gasteiger partial charge >= 0.3 is 6.01 Å². The van der Waals surface area contributed by atoms with Crippen LogP contribution in [0.25, 0.3) is 0 Å². The summed E-state index contributed by atoms with van der Waals surface area (Å²) in [6.07, 6.45) is 0. The molecule has 0 aliphatic rings. The smallest absolute Gasteiger partial charge is 0.319 e. The average Bonchev–Trinajstić information content (AvgIpc) is 2.18. The van der Waals surface area contributed by atoms with Gasteiger partial charge in [0.15, 0.2) is 0 Å². The monoisotopic (exact) mass is 216 g/mol. The van der Waals surface area contributed by atoms with Crippen LogP contribution in [0.3, 0.4) is 0 Å². The first-order valence-corrected chi connectivity index (χ1v) is 5.03.